The number of halogens is 2. The van der Waals surface area contributed by atoms with E-state index < -0.39 is 12.2 Å². The fourth-order valence-corrected chi connectivity index (χ4v) is 3.61. The molecule has 3 unspecified atom stereocenters. The van der Waals surface area contributed by atoms with E-state index in [1.165, 1.54) is 0 Å². The largest absolute Gasteiger partial charge is 0.396 e. The van der Waals surface area contributed by atoms with Crippen molar-refractivity contribution in [3.05, 3.63) is 28.0 Å². The maximum absolute atomic E-state index is 10.4. The van der Waals surface area contributed by atoms with Gasteiger partial charge in [-0.25, -0.2) is 4.98 Å². The molecule has 1 saturated carbocycles. The van der Waals surface area contributed by atoms with Gasteiger partial charge in [0.15, 0.2) is 0 Å². The van der Waals surface area contributed by atoms with Crippen molar-refractivity contribution in [2.45, 2.75) is 38.0 Å². The number of imidazole rings is 1. The van der Waals surface area contributed by atoms with Crippen molar-refractivity contribution >= 4 is 34.2 Å². The third-order valence-corrected chi connectivity index (χ3v) is 5.18. The van der Waals surface area contributed by atoms with E-state index >= 15 is 0 Å². The van der Waals surface area contributed by atoms with Crippen molar-refractivity contribution in [1.82, 2.24) is 9.55 Å². The number of nitrogens with zero attached hydrogens (tertiary/aromatic N) is 2. The molecule has 1 fully saturated rings. The Hall–Kier alpha value is -0.850. The lowest BCUT2D eigenvalue weighted by Crippen LogP contribution is -2.30. The molecule has 1 aliphatic carbocycles. The number of aliphatic hydroxyl groups excluding tert-OH is 3. The molecule has 3 rings (SSSR count). The Morgan fingerprint density at radius 2 is 1.91 bits per heavy atom. The molecule has 5 nitrogen and oxygen atoms in total. The molecule has 22 heavy (non-hydrogen) atoms. The molecular formula is C15H18Cl2N2O3. The molecule has 0 aliphatic heterocycles. The van der Waals surface area contributed by atoms with Gasteiger partial charge in [0.2, 0.25) is 0 Å². The summed E-state index contributed by atoms with van der Waals surface area (Å²) in [6.07, 6.45) is -0.737. The molecule has 120 valence electrons. The maximum Gasteiger partial charge on any atom is 0.109 e. The molecule has 0 amide bonds. The van der Waals surface area contributed by atoms with Gasteiger partial charge in [-0.15, -0.1) is 0 Å². The van der Waals surface area contributed by atoms with E-state index in [0.29, 0.717) is 28.4 Å². The van der Waals surface area contributed by atoms with E-state index in [1.54, 1.807) is 12.1 Å². The first-order valence-electron chi connectivity index (χ1n) is 7.30. The highest BCUT2D eigenvalue weighted by Crippen LogP contribution is 2.39. The summed E-state index contributed by atoms with van der Waals surface area (Å²) in [5, 5.41) is 30.6. The van der Waals surface area contributed by atoms with E-state index in [-0.39, 0.29) is 18.6 Å². The number of hydrogen-bond acceptors (Lipinski definition) is 4. The molecule has 0 bridgehead atoms. The molecule has 7 heteroatoms. The number of aliphatic hydroxyl groups is 3. The van der Waals surface area contributed by atoms with Gasteiger partial charge >= 0.3 is 0 Å². The molecule has 2 aromatic rings. The Kier molecular flexibility index (Phi) is 4.36. The molecule has 4 atom stereocenters. The van der Waals surface area contributed by atoms with E-state index in [0.717, 1.165) is 11.3 Å². The Bertz CT molecular complexity index is 704. The average Bonchev–Trinajstić information content (AvgIpc) is 2.98. The molecule has 0 radical (unpaired) electrons. The predicted molar refractivity (Wildman–Crippen MR) is 85.4 cm³/mol. The lowest BCUT2D eigenvalue weighted by atomic mass is 10.1. The highest BCUT2D eigenvalue weighted by Gasteiger charge is 2.43. The first-order chi connectivity index (χ1) is 10.5. The number of rotatable bonds is 3. The Balaban J connectivity index is 2.15. The van der Waals surface area contributed by atoms with Gasteiger partial charge in [0, 0.05) is 18.9 Å². The van der Waals surface area contributed by atoms with Crippen molar-refractivity contribution in [2.75, 3.05) is 6.61 Å². The van der Waals surface area contributed by atoms with Crippen molar-refractivity contribution in [1.29, 1.82) is 0 Å². The van der Waals surface area contributed by atoms with Gasteiger partial charge in [-0.1, -0.05) is 30.1 Å². The van der Waals surface area contributed by atoms with Crippen LogP contribution < -0.4 is 0 Å². The van der Waals surface area contributed by atoms with Gasteiger partial charge in [-0.2, -0.15) is 0 Å². The van der Waals surface area contributed by atoms with Crippen molar-refractivity contribution in [3.8, 4) is 0 Å². The normalized spacial score (nSPS) is 28.6. The third kappa shape index (κ3) is 2.41. The van der Waals surface area contributed by atoms with Gasteiger partial charge in [0.25, 0.3) is 0 Å². The van der Waals surface area contributed by atoms with Crippen LogP contribution in [0.25, 0.3) is 11.0 Å². The summed E-state index contributed by atoms with van der Waals surface area (Å²) >= 11 is 12.2. The maximum atomic E-state index is 10.4. The molecule has 0 saturated heterocycles. The van der Waals surface area contributed by atoms with Crippen molar-refractivity contribution < 1.29 is 15.3 Å². The van der Waals surface area contributed by atoms with Crippen LogP contribution in [0.5, 0.6) is 0 Å². The molecule has 3 N–H and O–H groups in total. The topological polar surface area (TPSA) is 78.5 Å². The molecule has 0 spiro atoms. The van der Waals surface area contributed by atoms with Crippen LogP contribution in [0.15, 0.2) is 12.1 Å². The first kappa shape index (κ1) is 16.0. The van der Waals surface area contributed by atoms with Crippen molar-refractivity contribution in [3.63, 3.8) is 0 Å². The molecule has 1 aromatic heterocycles. The van der Waals surface area contributed by atoms with E-state index in [4.69, 9.17) is 23.2 Å². The highest BCUT2D eigenvalue weighted by molar-refractivity contribution is 6.42. The molecule has 1 aliphatic rings. The number of hydrogen-bond donors (Lipinski definition) is 3. The van der Waals surface area contributed by atoms with Gasteiger partial charge in [-0.3, -0.25) is 0 Å². The third-order valence-electron chi connectivity index (χ3n) is 4.46. The van der Waals surface area contributed by atoms with Crippen LogP contribution in [-0.4, -0.2) is 43.7 Å². The summed E-state index contributed by atoms with van der Waals surface area (Å²) < 4.78 is 1.92. The van der Waals surface area contributed by atoms with E-state index in [1.807, 2.05) is 11.5 Å². The fourth-order valence-electron chi connectivity index (χ4n) is 3.30. The highest BCUT2D eigenvalue weighted by atomic mass is 35.5. The summed E-state index contributed by atoms with van der Waals surface area (Å²) in [5.74, 6) is 0.452. The quantitative estimate of drug-likeness (QED) is 0.797. The van der Waals surface area contributed by atoms with Crippen molar-refractivity contribution in [2.24, 2.45) is 5.92 Å². The fraction of sp³-hybridized carbons (Fsp3) is 0.533. The summed E-state index contributed by atoms with van der Waals surface area (Å²) in [6.45, 7) is 1.82. The summed E-state index contributed by atoms with van der Waals surface area (Å²) in [6, 6.07) is 3.09. The lowest BCUT2D eigenvalue weighted by molar-refractivity contribution is -0.00389. The van der Waals surface area contributed by atoms with Crippen LogP contribution in [0, 0.1) is 5.92 Å². The average molecular weight is 345 g/mol. The van der Waals surface area contributed by atoms with Crippen LogP contribution in [0.4, 0.5) is 0 Å². The smallest absolute Gasteiger partial charge is 0.109 e. The van der Waals surface area contributed by atoms with Gasteiger partial charge in [0.1, 0.15) is 11.9 Å². The van der Waals surface area contributed by atoms with Crippen LogP contribution >= 0.6 is 23.2 Å². The minimum atomic E-state index is -0.950. The van der Waals surface area contributed by atoms with Crippen LogP contribution in [-0.2, 0) is 6.42 Å². The monoisotopic (exact) mass is 344 g/mol. The van der Waals surface area contributed by atoms with E-state index in [9.17, 15) is 15.3 Å². The molecular weight excluding hydrogens is 327 g/mol. The van der Waals surface area contributed by atoms with Crippen LogP contribution in [0.2, 0.25) is 10.0 Å². The first-order valence-corrected chi connectivity index (χ1v) is 8.06. The van der Waals surface area contributed by atoms with Gasteiger partial charge in [0.05, 0.1) is 33.2 Å². The van der Waals surface area contributed by atoms with Crippen LogP contribution in [0.3, 0.4) is 0 Å². The number of benzene rings is 1. The summed E-state index contributed by atoms with van der Waals surface area (Å²) in [4.78, 5) is 4.55. The minimum absolute atomic E-state index is 0.157. The zero-order valence-electron chi connectivity index (χ0n) is 12.1. The summed E-state index contributed by atoms with van der Waals surface area (Å²) in [5.41, 5.74) is 1.49. The number of aryl methyl sites for hydroxylation is 1. The molecule has 1 heterocycles. The standard InChI is InChI=1S/C15H18Cl2N2O3/c1-2-13-18-10-4-8(16)9(17)5-11(10)19(13)12-3-7(6-20)14(21)15(12)22/h4-5,7,12,14-15,20-22H,2-3,6H2,1H3/t7?,12-,14?,15?/m0/s1. The lowest BCUT2D eigenvalue weighted by Gasteiger charge is -2.21. The minimum Gasteiger partial charge on any atom is -0.396 e. The zero-order chi connectivity index (χ0) is 16.0. The SMILES string of the molecule is CCc1nc2cc(Cl)c(Cl)cc2n1[C@H]1CC(CO)C(O)C1O. The van der Waals surface area contributed by atoms with Gasteiger partial charge in [-0.05, 0) is 18.6 Å². The number of fused-ring (bicyclic) bond motifs is 1. The zero-order valence-corrected chi connectivity index (χ0v) is 13.6. The second-order valence-corrected chi connectivity index (χ2v) is 6.55. The van der Waals surface area contributed by atoms with Crippen LogP contribution in [0.1, 0.15) is 25.2 Å². The second-order valence-electron chi connectivity index (χ2n) is 5.73. The summed E-state index contributed by atoms with van der Waals surface area (Å²) in [7, 11) is 0. The number of aromatic nitrogens is 2. The Labute approximate surface area is 138 Å². The second kappa shape index (κ2) is 5.98. The van der Waals surface area contributed by atoms with E-state index in [2.05, 4.69) is 4.98 Å². The Morgan fingerprint density at radius 1 is 1.23 bits per heavy atom. The Morgan fingerprint density at radius 3 is 2.50 bits per heavy atom. The predicted octanol–water partition coefficient (Wildman–Crippen LogP) is 2.18. The molecule has 1 aromatic carbocycles. The van der Waals surface area contributed by atoms with Gasteiger partial charge < -0.3 is 19.9 Å².